The van der Waals surface area contributed by atoms with E-state index in [0.717, 1.165) is 0 Å². The molecular weight excluding hydrogens is 208 g/mol. The van der Waals surface area contributed by atoms with Gasteiger partial charge in [0.1, 0.15) is 0 Å². The Labute approximate surface area is 100 Å². The standard InChI is InChI=1S/C5H10O3.C4H10O.C3H8/c1-4(2)8-5(6)7-3;1-4(2)5-3;1-3-2/h4H,1-3H3;4H,1-3H3;3H2,1-2H3. The maximum atomic E-state index is 10.2. The summed E-state index contributed by atoms with van der Waals surface area (Å²) in [5.41, 5.74) is 0. The molecule has 0 fully saturated rings. The lowest BCUT2D eigenvalue weighted by atomic mass is 10.5. The van der Waals surface area contributed by atoms with E-state index in [4.69, 9.17) is 4.74 Å². The average molecular weight is 236 g/mol. The molecule has 0 aromatic heterocycles. The predicted octanol–water partition coefficient (Wildman–Crippen LogP) is 3.64. The molecule has 0 atom stereocenters. The molecule has 0 bridgehead atoms. The molecular formula is C12H28O4. The Morgan fingerprint density at radius 1 is 1.00 bits per heavy atom. The van der Waals surface area contributed by atoms with Gasteiger partial charge in [-0.2, -0.15) is 0 Å². The summed E-state index contributed by atoms with van der Waals surface area (Å²) in [6.45, 7) is 11.8. The van der Waals surface area contributed by atoms with E-state index in [9.17, 15) is 4.79 Å². The number of hydrogen-bond acceptors (Lipinski definition) is 4. The van der Waals surface area contributed by atoms with Gasteiger partial charge in [0.25, 0.3) is 0 Å². The first-order valence-electron chi connectivity index (χ1n) is 5.62. The highest BCUT2D eigenvalue weighted by Gasteiger charge is 2.01. The van der Waals surface area contributed by atoms with Gasteiger partial charge in [0.2, 0.25) is 0 Å². The molecule has 0 N–H and O–H groups in total. The summed E-state index contributed by atoms with van der Waals surface area (Å²) in [5.74, 6) is 0. The van der Waals surface area contributed by atoms with Gasteiger partial charge in [0.05, 0.1) is 19.3 Å². The lowest BCUT2D eigenvalue weighted by molar-refractivity contribution is 0.0496. The molecule has 0 rings (SSSR count). The summed E-state index contributed by atoms with van der Waals surface area (Å²) in [7, 11) is 2.98. The molecule has 0 radical (unpaired) electrons. The molecule has 0 aromatic rings. The van der Waals surface area contributed by atoms with Crippen LogP contribution in [0.1, 0.15) is 48.0 Å². The van der Waals surface area contributed by atoms with Crippen LogP contribution in [0.3, 0.4) is 0 Å². The molecule has 0 spiro atoms. The second kappa shape index (κ2) is 16.7. The van der Waals surface area contributed by atoms with Gasteiger partial charge in [-0.25, -0.2) is 4.79 Å². The van der Waals surface area contributed by atoms with Crippen LogP contribution in [0.4, 0.5) is 4.79 Å². The maximum Gasteiger partial charge on any atom is 0.508 e. The predicted molar refractivity (Wildman–Crippen MR) is 66.7 cm³/mol. The first-order chi connectivity index (χ1) is 7.35. The highest BCUT2D eigenvalue weighted by molar-refractivity contribution is 5.59. The summed E-state index contributed by atoms with van der Waals surface area (Å²) in [4.78, 5) is 10.2. The van der Waals surface area contributed by atoms with Gasteiger partial charge in [-0.05, 0) is 27.7 Å². The molecule has 4 nitrogen and oxygen atoms in total. The van der Waals surface area contributed by atoms with E-state index in [1.807, 2.05) is 13.8 Å². The SMILES string of the molecule is CCC.COC(=O)OC(C)C.COC(C)C. The summed E-state index contributed by atoms with van der Waals surface area (Å²) in [5, 5.41) is 0. The van der Waals surface area contributed by atoms with Crippen LogP contribution in [0.2, 0.25) is 0 Å². The summed E-state index contributed by atoms with van der Waals surface area (Å²) in [6.07, 6.45) is 0.914. The van der Waals surface area contributed by atoms with Gasteiger partial charge in [0.15, 0.2) is 0 Å². The Hall–Kier alpha value is -0.770. The first kappa shape index (κ1) is 20.6. The molecule has 0 amide bonds. The highest BCUT2D eigenvalue weighted by atomic mass is 16.7. The maximum absolute atomic E-state index is 10.2. The smallest absolute Gasteiger partial charge is 0.438 e. The molecule has 0 heterocycles. The summed E-state index contributed by atoms with van der Waals surface area (Å²) >= 11 is 0. The fraction of sp³-hybridized carbons (Fsp3) is 0.917. The third-order valence-electron chi connectivity index (χ3n) is 0.970. The molecule has 0 aromatic carbocycles. The Balaban J connectivity index is -0.000000181. The first-order valence-corrected chi connectivity index (χ1v) is 5.62. The minimum Gasteiger partial charge on any atom is -0.438 e. The summed E-state index contributed by atoms with van der Waals surface area (Å²) < 4.78 is 13.5. The lowest BCUT2D eigenvalue weighted by Crippen LogP contribution is -2.10. The van der Waals surface area contributed by atoms with Crippen molar-refractivity contribution in [1.82, 2.24) is 0 Å². The van der Waals surface area contributed by atoms with Crippen LogP contribution in [-0.4, -0.2) is 32.6 Å². The minimum absolute atomic E-state index is 0.0950. The molecule has 0 aliphatic rings. The third-order valence-corrected chi connectivity index (χ3v) is 0.970. The van der Waals surface area contributed by atoms with Crippen molar-refractivity contribution in [1.29, 1.82) is 0 Å². The van der Waals surface area contributed by atoms with E-state index < -0.39 is 6.16 Å². The molecule has 0 aliphatic heterocycles. The zero-order valence-electron chi connectivity index (χ0n) is 12.0. The molecule has 0 saturated heterocycles. The molecule has 4 heteroatoms. The van der Waals surface area contributed by atoms with Gasteiger partial charge in [-0.15, -0.1) is 0 Å². The van der Waals surface area contributed by atoms with Crippen molar-refractivity contribution in [3.05, 3.63) is 0 Å². The van der Waals surface area contributed by atoms with Crippen LogP contribution in [0, 0.1) is 0 Å². The van der Waals surface area contributed by atoms with Crippen LogP contribution in [0.15, 0.2) is 0 Å². The Bertz CT molecular complexity index is 133. The van der Waals surface area contributed by atoms with Gasteiger partial charge in [-0.1, -0.05) is 20.3 Å². The van der Waals surface area contributed by atoms with Crippen molar-refractivity contribution < 1.29 is 19.0 Å². The van der Waals surface area contributed by atoms with E-state index in [0.29, 0.717) is 6.10 Å². The number of carbonyl (C=O) groups excluding carboxylic acids is 1. The Morgan fingerprint density at radius 2 is 1.31 bits per heavy atom. The largest absolute Gasteiger partial charge is 0.508 e. The number of methoxy groups -OCH3 is 2. The van der Waals surface area contributed by atoms with Crippen LogP contribution in [0.25, 0.3) is 0 Å². The molecule has 0 saturated carbocycles. The van der Waals surface area contributed by atoms with Gasteiger partial charge < -0.3 is 14.2 Å². The van der Waals surface area contributed by atoms with Crippen molar-refractivity contribution in [2.75, 3.05) is 14.2 Å². The minimum atomic E-state index is -0.625. The van der Waals surface area contributed by atoms with Gasteiger partial charge >= 0.3 is 6.16 Å². The molecule has 100 valence electrons. The Kier molecular flexibility index (Phi) is 21.5. The highest BCUT2D eigenvalue weighted by Crippen LogP contribution is 1.89. The number of ether oxygens (including phenoxy) is 3. The molecule has 0 unspecified atom stereocenters. The van der Waals surface area contributed by atoms with Crippen molar-refractivity contribution >= 4 is 6.16 Å². The Morgan fingerprint density at radius 3 is 1.38 bits per heavy atom. The van der Waals surface area contributed by atoms with Crippen molar-refractivity contribution in [3.63, 3.8) is 0 Å². The van der Waals surface area contributed by atoms with Crippen molar-refractivity contribution in [3.8, 4) is 0 Å². The van der Waals surface area contributed by atoms with Crippen LogP contribution < -0.4 is 0 Å². The average Bonchev–Trinajstić information content (AvgIpc) is 2.18. The van der Waals surface area contributed by atoms with Gasteiger partial charge in [0, 0.05) is 7.11 Å². The van der Waals surface area contributed by atoms with Crippen molar-refractivity contribution in [2.45, 2.75) is 60.2 Å². The molecule has 16 heavy (non-hydrogen) atoms. The van der Waals surface area contributed by atoms with E-state index in [2.05, 4.69) is 23.3 Å². The fourth-order valence-corrected chi connectivity index (χ4v) is 0.241. The fourth-order valence-electron chi connectivity index (χ4n) is 0.241. The summed E-state index contributed by atoms with van der Waals surface area (Å²) in [6, 6.07) is 0. The van der Waals surface area contributed by atoms with E-state index >= 15 is 0 Å². The normalized spacial score (nSPS) is 8.62. The topological polar surface area (TPSA) is 44.8 Å². The van der Waals surface area contributed by atoms with Crippen molar-refractivity contribution in [2.24, 2.45) is 0 Å². The zero-order chi connectivity index (χ0) is 13.6. The second-order valence-corrected chi connectivity index (χ2v) is 3.61. The number of hydrogen-bond donors (Lipinski definition) is 0. The quantitative estimate of drug-likeness (QED) is 0.687. The van der Waals surface area contributed by atoms with E-state index in [-0.39, 0.29) is 6.10 Å². The van der Waals surface area contributed by atoms with E-state index in [1.165, 1.54) is 13.5 Å². The number of rotatable bonds is 2. The molecule has 0 aliphatic carbocycles. The second-order valence-electron chi connectivity index (χ2n) is 3.61. The number of carbonyl (C=O) groups is 1. The van der Waals surface area contributed by atoms with Crippen LogP contribution >= 0.6 is 0 Å². The van der Waals surface area contributed by atoms with Crippen LogP contribution in [-0.2, 0) is 14.2 Å². The van der Waals surface area contributed by atoms with Crippen LogP contribution in [0.5, 0.6) is 0 Å². The van der Waals surface area contributed by atoms with Gasteiger partial charge in [-0.3, -0.25) is 0 Å². The monoisotopic (exact) mass is 236 g/mol. The van der Waals surface area contributed by atoms with E-state index in [1.54, 1.807) is 21.0 Å². The zero-order valence-corrected chi connectivity index (χ0v) is 12.0. The third kappa shape index (κ3) is 37.9. The lowest BCUT2D eigenvalue weighted by Gasteiger charge is -2.03.